The van der Waals surface area contributed by atoms with Crippen molar-refractivity contribution in [2.45, 2.75) is 24.4 Å². The molecule has 0 radical (unpaired) electrons. The number of hydrogen-bond acceptors (Lipinski definition) is 5. The molecular formula is C10H14O7. The molecule has 0 fully saturated rings. The summed E-state index contributed by atoms with van der Waals surface area (Å²) in [4.78, 5) is 21.5. The Balaban J connectivity index is 5.19. The summed E-state index contributed by atoms with van der Waals surface area (Å²) in [5.74, 6) is -9.39. The maximum absolute atomic E-state index is 10.8. The molecule has 0 spiro atoms. The second kappa shape index (κ2) is 5.58. The topological polar surface area (TPSA) is 124 Å². The van der Waals surface area contributed by atoms with E-state index in [1.807, 2.05) is 0 Å². The van der Waals surface area contributed by atoms with E-state index in [-0.39, 0.29) is 0 Å². The van der Waals surface area contributed by atoms with Crippen molar-refractivity contribution in [2.24, 2.45) is 0 Å². The highest BCUT2D eigenvalue weighted by Crippen LogP contribution is 2.24. The van der Waals surface area contributed by atoms with Crippen molar-refractivity contribution >= 4 is 11.9 Å². The van der Waals surface area contributed by atoms with Crippen LogP contribution in [0.5, 0.6) is 0 Å². The van der Waals surface area contributed by atoms with Crippen LogP contribution in [0.1, 0.15) is 12.8 Å². The maximum Gasteiger partial charge on any atom is 0.364 e. The number of carbonyl (C=O) groups is 2. The van der Waals surface area contributed by atoms with Gasteiger partial charge in [0, 0.05) is 12.8 Å². The lowest BCUT2D eigenvalue weighted by Crippen LogP contribution is -2.53. The normalized spacial score (nSPS) is 17.5. The molecule has 0 bridgehead atoms. The summed E-state index contributed by atoms with van der Waals surface area (Å²) in [5, 5.41) is 36.5. The van der Waals surface area contributed by atoms with Gasteiger partial charge in [-0.1, -0.05) is 12.2 Å². The second-order valence-electron chi connectivity index (χ2n) is 3.27. The zero-order valence-corrected chi connectivity index (χ0v) is 9.00. The first-order valence-corrected chi connectivity index (χ1v) is 4.55. The molecule has 0 aliphatic carbocycles. The van der Waals surface area contributed by atoms with Crippen molar-refractivity contribution in [1.29, 1.82) is 0 Å². The van der Waals surface area contributed by atoms with Crippen molar-refractivity contribution in [3.05, 3.63) is 25.3 Å². The van der Waals surface area contributed by atoms with Crippen LogP contribution >= 0.6 is 0 Å². The van der Waals surface area contributed by atoms with Gasteiger partial charge in [0.2, 0.25) is 0 Å². The van der Waals surface area contributed by atoms with Gasteiger partial charge in [-0.3, -0.25) is 4.74 Å². The minimum Gasteiger partial charge on any atom is -0.477 e. The molecule has 0 aromatic carbocycles. The molecular weight excluding hydrogens is 232 g/mol. The molecule has 0 aliphatic rings. The van der Waals surface area contributed by atoms with Gasteiger partial charge in [-0.2, -0.15) is 0 Å². The van der Waals surface area contributed by atoms with Crippen molar-refractivity contribution in [3.8, 4) is 0 Å². The number of carboxylic acid groups (broad SMARTS) is 2. The zero-order chi connectivity index (χ0) is 13.7. The van der Waals surface area contributed by atoms with Gasteiger partial charge in [0.25, 0.3) is 11.6 Å². The first kappa shape index (κ1) is 15.3. The Bertz CT molecular complexity index is 306. The lowest BCUT2D eigenvalue weighted by Gasteiger charge is -2.31. The molecule has 0 saturated carbocycles. The quantitative estimate of drug-likeness (QED) is 0.342. The fourth-order valence-corrected chi connectivity index (χ4v) is 1.02. The Morgan fingerprint density at radius 1 is 1.00 bits per heavy atom. The molecule has 2 atom stereocenters. The molecule has 0 saturated heterocycles. The lowest BCUT2D eigenvalue weighted by molar-refractivity contribution is -0.315. The Morgan fingerprint density at radius 2 is 1.29 bits per heavy atom. The fraction of sp³-hybridized carbons (Fsp3) is 0.400. The predicted octanol–water partition coefficient (Wildman–Crippen LogP) is -0.298. The highest BCUT2D eigenvalue weighted by atomic mass is 16.7. The van der Waals surface area contributed by atoms with Gasteiger partial charge in [0.1, 0.15) is 0 Å². The number of hydrogen-bond donors (Lipinski definition) is 4. The fourth-order valence-electron chi connectivity index (χ4n) is 1.02. The van der Waals surface area contributed by atoms with Gasteiger partial charge in [0.05, 0.1) is 0 Å². The third kappa shape index (κ3) is 3.66. The van der Waals surface area contributed by atoms with E-state index in [9.17, 15) is 19.8 Å². The predicted molar refractivity (Wildman–Crippen MR) is 55.9 cm³/mol. The molecule has 0 amide bonds. The number of ether oxygens (including phenoxy) is 1. The summed E-state index contributed by atoms with van der Waals surface area (Å²) in [7, 11) is 0. The van der Waals surface area contributed by atoms with Gasteiger partial charge < -0.3 is 20.4 Å². The van der Waals surface area contributed by atoms with E-state index in [1.165, 1.54) is 0 Å². The van der Waals surface area contributed by atoms with Crippen molar-refractivity contribution in [2.75, 3.05) is 0 Å². The summed E-state index contributed by atoms with van der Waals surface area (Å²) >= 11 is 0. The third-order valence-electron chi connectivity index (χ3n) is 1.85. The highest BCUT2D eigenvalue weighted by Gasteiger charge is 2.48. The van der Waals surface area contributed by atoms with E-state index in [0.717, 1.165) is 12.2 Å². The minimum absolute atomic E-state index is 0.588. The molecule has 96 valence electrons. The molecule has 7 heteroatoms. The second-order valence-corrected chi connectivity index (χ2v) is 3.27. The van der Waals surface area contributed by atoms with Gasteiger partial charge in [-0.15, -0.1) is 13.2 Å². The van der Waals surface area contributed by atoms with Crippen LogP contribution in [0, 0.1) is 0 Å². The molecule has 7 nitrogen and oxygen atoms in total. The van der Waals surface area contributed by atoms with Gasteiger partial charge >= 0.3 is 11.9 Å². The van der Waals surface area contributed by atoms with E-state index in [0.29, 0.717) is 0 Å². The van der Waals surface area contributed by atoms with E-state index in [1.54, 1.807) is 0 Å². The molecule has 0 aromatic rings. The monoisotopic (exact) mass is 246 g/mol. The average molecular weight is 246 g/mol. The molecule has 0 aliphatic heterocycles. The standard InChI is InChI=1S/C10H14O7/c1-3-5-9(15,7(11)12)17-10(16,6-4-2)8(13)14/h3-4,15-16H,1-2,5-6H2,(H,11,12)(H,13,14). The smallest absolute Gasteiger partial charge is 0.364 e. The zero-order valence-electron chi connectivity index (χ0n) is 9.00. The molecule has 0 aromatic heterocycles. The van der Waals surface area contributed by atoms with Crippen LogP contribution in [-0.2, 0) is 14.3 Å². The molecule has 17 heavy (non-hydrogen) atoms. The Labute approximate surface area is 97.3 Å². The van der Waals surface area contributed by atoms with Gasteiger partial charge in [-0.25, -0.2) is 9.59 Å². The highest BCUT2D eigenvalue weighted by molar-refractivity contribution is 5.79. The van der Waals surface area contributed by atoms with Crippen molar-refractivity contribution in [1.82, 2.24) is 0 Å². The summed E-state index contributed by atoms with van der Waals surface area (Å²) in [5.41, 5.74) is 0. The maximum atomic E-state index is 10.8. The summed E-state index contributed by atoms with van der Waals surface area (Å²) < 4.78 is 4.40. The van der Waals surface area contributed by atoms with Crippen LogP contribution in [0.3, 0.4) is 0 Å². The van der Waals surface area contributed by atoms with E-state index >= 15 is 0 Å². The van der Waals surface area contributed by atoms with E-state index in [2.05, 4.69) is 17.9 Å². The number of carboxylic acids is 2. The van der Waals surface area contributed by atoms with Crippen molar-refractivity contribution < 1.29 is 34.8 Å². The Hall–Kier alpha value is -1.70. The van der Waals surface area contributed by atoms with Crippen LogP contribution < -0.4 is 0 Å². The average Bonchev–Trinajstić information content (AvgIpc) is 2.17. The SMILES string of the molecule is C=CCC(O)(OC(O)(CC=C)C(=O)O)C(=O)O. The molecule has 2 unspecified atom stereocenters. The largest absolute Gasteiger partial charge is 0.477 e. The van der Waals surface area contributed by atoms with Crippen LogP contribution in [0.15, 0.2) is 25.3 Å². The van der Waals surface area contributed by atoms with Crippen LogP contribution in [0.2, 0.25) is 0 Å². The summed E-state index contributed by atoms with van der Waals surface area (Å²) in [6.45, 7) is 6.39. The Morgan fingerprint density at radius 3 is 1.47 bits per heavy atom. The minimum atomic E-state index is -2.86. The number of aliphatic carboxylic acids is 2. The molecule has 4 N–H and O–H groups in total. The first-order valence-electron chi connectivity index (χ1n) is 4.55. The molecule has 0 rings (SSSR count). The molecule has 0 heterocycles. The summed E-state index contributed by atoms with van der Waals surface area (Å²) in [6, 6.07) is 0. The number of aliphatic hydroxyl groups is 2. The number of rotatable bonds is 8. The van der Waals surface area contributed by atoms with Gasteiger partial charge in [-0.05, 0) is 0 Å². The van der Waals surface area contributed by atoms with Crippen LogP contribution in [0.25, 0.3) is 0 Å². The Kier molecular flexibility index (Phi) is 5.02. The van der Waals surface area contributed by atoms with E-state index < -0.39 is 36.4 Å². The first-order chi connectivity index (χ1) is 7.72. The lowest BCUT2D eigenvalue weighted by atomic mass is 10.1. The third-order valence-corrected chi connectivity index (χ3v) is 1.85. The summed E-state index contributed by atoms with van der Waals surface area (Å²) in [6.07, 6.45) is 0.860. The van der Waals surface area contributed by atoms with E-state index in [4.69, 9.17) is 10.2 Å². The van der Waals surface area contributed by atoms with Gasteiger partial charge in [0.15, 0.2) is 0 Å². The van der Waals surface area contributed by atoms with Crippen LogP contribution in [-0.4, -0.2) is 43.9 Å². The van der Waals surface area contributed by atoms with Crippen molar-refractivity contribution in [3.63, 3.8) is 0 Å². The van der Waals surface area contributed by atoms with Crippen LogP contribution in [0.4, 0.5) is 0 Å².